The van der Waals surface area contributed by atoms with Gasteiger partial charge >= 0.3 is 12.1 Å². The molecule has 0 aromatic heterocycles. The van der Waals surface area contributed by atoms with Crippen LogP contribution in [0.5, 0.6) is 0 Å². The fourth-order valence-corrected chi connectivity index (χ4v) is 3.52. The minimum absolute atomic E-state index is 0.0747. The van der Waals surface area contributed by atoms with Gasteiger partial charge in [-0.05, 0) is 54.4 Å². The first-order valence-corrected chi connectivity index (χ1v) is 8.49. The van der Waals surface area contributed by atoms with E-state index in [1.165, 1.54) is 41.4 Å². The lowest BCUT2D eigenvalue weighted by Crippen LogP contribution is -2.47. The van der Waals surface area contributed by atoms with E-state index in [0.29, 0.717) is 11.3 Å². The third kappa shape index (κ3) is 3.49. The van der Waals surface area contributed by atoms with Gasteiger partial charge in [-0.3, -0.25) is 5.01 Å². The number of nitrogens with zero attached hydrogens (tertiary/aromatic N) is 2. The Morgan fingerprint density at radius 1 is 1.19 bits per heavy atom. The van der Waals surface area contributed by atoms with Gasteiger partial charge in [0.1, 0.15) is 5.41 Å². The molecule has 4 nitrogen and oxygen atoms in total. The number of aryl methyl sites for hydroxylation is 1. The fraction of sp³-hybridized carbons (Fsp3) is 0.222. The van der Waals surface area contributed by atoms with Crippen LogP contribution in [0.25, 0.3) is 0 Å². The molecule has 2 aromatic carbocycles. The molecule has 142 valence electrons. The second-order valence-corrected chi connectivity index (χ2v) is 7.11. The average molecular weight is 417 g/mol. The summed E-state index contributed by atoms with van der Waals surface area (Å²) < 4.78 is 42.1. The number of benzene rings is 2. The molecule has 1 unspecified atom stereocenters. The molecule has 1 atom stereocenters. The van der Waals surface area contributed by atoms with Crippen molar-refractivity contribution in [2.45, 2.75) is 18.5 Å². The zero-order chi connectivity index (χ0) is 20.0. The molecule has 0 saturated heterocycles. The number of rotatable bonds is 3. The summed E-state index contributed by atoms with van der Waals surface area (Å²) in [5.74, 6) is -1.11. The molecule has 27 heavy (non-hydrogen) atoms. The molecule has 0 spiro atoms. The Balaban J connectivity index is 2.03. The van der Waals surface area contributed by atoms with Crippen molar-refractivity contribution in [3.05, 3.63) is 63.1 Å². The van der Waals surface area contributed by atoms with E-state index in [4.69, 9.17) is 28.3 Å². The molecule has 1 aliphatic rings. The summed E-state index contributed by atoms with van der Waals surface area (Å²) in [6.45, 7) is 1.06. The summed E-state index contributed by atoms with van der Waals surface area (Å²) in [5, 5.41) is 14.4. The number of hydrogen-bond acceptors (Lipinski definition) is 3. The van der Waals surface area contributed by atoms with Crippen molar-refractivity contribution < 1.29 is 23.1 Å². The Morgan fingerprint density at radius 2 is 1.81 bits per heavy atom. The van der Waals surface area contributed by atoms with Gasteiger partial charge in [0.05, 0.1) is 17.8 Å². The number of carboxylic acids is 1. The predicted octanol–water partition coefficient (Wildman–Crippen LogP) is 5.31. The van der Waals surface area contributed by atoms with E-state index in [9.17, 15) is 18.0 Å². The van der Waals surface area contributed by atoms with E-state index >= 15 is 0 Å². The molecule has 2 aromatic rings. The van der Waals surface area contributed by atoms with E-state index in [2.05, 4.69) is 5.10 Å². The molecule has 0 amide bonds. The van der Waals surface area contributed by atoms with Gasteiger partial charge in [0, 0.05) is 16.3 Å². The van der Waals surface area contributed by atoms with Crippen LogP contribution in [-0.2, 0) is 5.41 Å². The van der Waals surface area contributed by atoms with Gasteiger partial charge in [0.25, 0.3) is 0 Å². The van der Waals surface area contributed by atoms with Crippen LogP contribution < -0.4 is 5.01 Å². The highest BCUT2D eigenvalue weighted by Crippen LogP contribution is 2.45. The molecule has 0 radical (unpaired) electrons. The molecule has 0 saturated carbocycles. The van der Waals surface area contributed by atoms with Gasteiger partial charge in [-0.25, -0.2) is 4.79 Å². The maximum atomic E-state index is 14.0. The monoisotopic (exact) mass is 416 g/mol. The molecule has 1 N–H and O–H groups in total. The Kier molecular flexibility index (Phi) is 4.86. The van der Waals surface area contributed by atoms with E-state index in [1.807, 2.05) is 0 Å². The number of halogens is 5. The van der Waals surface area contributed by atoms with E-state index in [1.54, 1.807) is 6.92 Å². The minimum Gasteiger partial charge on any atom is -0.478 e. The minimum atomic E-state index is -4.64. The highest BCUT2D eigenvalue weighted by Gasteiger charge is 2.58. The van der Waals surface area contributed by atoms with E-state index in [0.717, 1.165) is 6.21 Å². The molecule has 0 fully saturated rings. The number of anilines is 1. The number of hydrogen-bond donors (Lipinski definition) is 1. The molecular weight excluding hydrogens is 404 g/mol. The van der Waals surface area contributed by atoms with Crippen molar-refractivity contribution in [2.24, 2.45) is 5.10 Å². The van der Waals surface area contributed by atoms with Crippen LogP contribution in [0.4, 0.5) is 18.9 Å². The summed E-state index contributed by atoms with van der Waals surface area (Å²) >= 11 is 11.8. The summed E-state index contributed by atoms with van der Waals surface area (Å²) in [6, 6.07) is 8.04. The molecule has 1 heterocycles. The van der Waals surface area contributed by atoms with Crippen molar-refractivity contribution in [1.29, 1.82) is 0 Å². The predicted molar refractivity (Wildman–Crippen MR) is 98.2 cm³/mol. The van der Waals surface area contributed by atoms with Gasteiger partial charge < -0.3 is 5.11 Å². The van der Waals surface area contributed by atoms with Crippen LogP contribution in [0.15, 0.2) is 41.5 Å². The highest BCUT2D eigenvalue weighted by molar-refractivity contribution is 6.34. The SMILES string of the molecule is Cc1cc(N2CC(c3cc(Cl)cc(Cl)c3)(C(F)(F)F)C=N2)ccc1C(=O)O. The van der Waals surface area contributed by atoms with Crippen molar-refractivity contribution in [3.63, 3.8) is 0 Å². The Bertz CT molecular complexity index is 926. The molecule has 1 aliphatic heterocycles. The quantitative estimate of drug-likeness (QED) is 0.737. The van der Waals surface area contributed by atoms with Gasteiger partial charge in [0.15, 0.2) is 0 Å². The van der Waals surface area contributed by atoms with Gasteiger partial charge in [0.2, 0.25) is 0 Å². The van der Waals surface area contributed by atoms with Crippen LogP contribution in [0, 0.1) is 6.92 Å². The van der Waals surface area contributed by atoms with Crippen LogP contribution >= 0.6 is 23.2 Å². The maximum absolute atomic E-state index is 14.0. The van der Waals surface area contributed by atoms with Crippen LogP contribution in [-0.4, -0.2) is 30.0 Å². The number of carboxylic acid groups (broad SMARTS) is 1. The summed E-state index contributed by atoms with van der Waals surface area (Å²) in [7, 11) is 0. The Morgan fingerprint density at radius 3 is 2.33 bits per heavy atom. The molecule has 3 rings (SSSR count). The standard InChI is InChI=1S/C18H13Cl2F3N2O2/c1-10-4-14(2-3-15(10)16(26)27)25-9-17(8-24-25,18(21,22)23)11-5-12(19)7-13(20)6-11/h2-8H,9H2,1H3,(H,26,27). The molecule has 9 heteroatoms. The lowest BCUT2D eigenvalue weighted by atomic mass is 9.81. The lowest BCUT2D eigenvalue weighted by molar-refractivity contribution is -0.164. The Labute approximate surface area is 162 Å². The largest absolute Gasteiger partial charge is 0.478 e. The average Bonchev–Trinajstić information content (AvgIpc) is 3.00. The number of alkyl halides is 3. The van der Waals surface area contributed by atoms with Crippen LogP contribution in [0.3, 0.4) is 0 Å². The summed E-state index contributed by atoms with van der Waals surface area (Å²) in [5.41, 5.74) is -1.65. The first-order valence-electron chi connectivity index (χ1n) is 7.73. The van der Waals surface area contributed by atoms with Crippen LogP contribution in [0.1, 0.15) is 21.5 Å². The van der Waals surface area contributed by atoms with Gasteiger partial charge in [-0.2, -0.15) is 18.3 Å². The molecular formula is C18H13Cl2F3N2O2. The normalized spacial score (nSPS) is 19.6. The smallest absolute Gasteiger partial charge is 0.405 e. The second kappa shape index (κ2) is 6.73. The lowest BCUT2D eigenvalue weighted by Gasteiger charge is -2.31. The Hall–Kier alpha value is -2.25. The molecule has 0 bridgehead atoms. The van der Waals surface area contributed by atoms with Crippen LogP contribution in [0.2, 0.25) is 10.0 Å². The van der Waals surface area contributed by atoms with Gasteiger partial charge in [-0.15, -0.1) is 0 Å². The maximum Gasteiger partial charge on any atom is 0.405 e. The number of aromatic carboxylic acids is 1. The summed E-state index contributed by atoms with van der Waals surface area (Å²) in [6.07, 6.45) is -3.81. The van der Waals surface area contributed by atoms with Crippen molar-refractivity contribution >= 4 is 41.1 Å². The van der Waals surface area contributed by atoms with Crippen molar-refractivity contribution in [1.82, 2.24) is 0 Å². The zero-order valence-corrected chi connectivity index (χ0v) is 15.4. The second-order valence-electron chi connectivity index (χ2n) is 6.23. The first kappa shape index (κ1) is 19.5. The highest BCUT2D eigenvalue weighted by atomic mass is 35.5. The molecule has 0 aliphatic carbocycles. The van der Waals surface area contributed by atoms with Gasteiger partial charge in [-0.1, -0.05) is 23.2 Å². The van der Waals surface area contributed by atoms with Crippen molar-refractivity contribution in [3.8, 4) is 0 Å². The topological polar surface area (TPSA) is 52.9 Å². The van der Waals surface area contributed by atoms with E-state index < -0.39 is 24.1 Å². The fourth-order valence-electron chi connectivity index (χ4n) is 3.00. The number of hydrazone groups is 1. The zero-order valence-electron chi connectivity index (χ0n) is 13.9. The van der Waals surface area contributed by atoms with Crippen molar-refractivity contribution in [2.75, 3.05) is 11.6 Å². The third-order valence-electron chi connectivity index (χ3n) is 4.44. The first-order chi connectivity index (χ1) is 12.5. The van der Waals surface area contributed by atoms with E-state index in [-0.39, 0.29) is 21.2 Å². The summed E-state index contributed by atoms with van der Waals surface area (Å²) in [4.78, 5) is 11.1. The third-order valence-corrected chi connectivity index (χ3v) is 4.88. The number of carbonyl (C=O) groups is 1.